The van der Waals surface area contributed by atoms with Gasteiger partial charge in [-0.1, -0.05) is 176 Å². The first-order valence-corrected chi connectivity index (χ1v) is 18.3. The molecule has 53 heavy (non-hydrogen) atoms. The van der Waals surface area contributed by atoms with Gasteiger partial charge in [0.15, 0.2) is 0 Å². The molecule has 0 fully saturated rings. The van der Waals surface area contributed by atoms with Crippen LogP contribution in [0.1, 0.15) is 0 Å². The highest BCUT2D eigenvalue weighted by atomic mass is 16.3. The monoisotopic (exact) mass is 672 g/mol. The van der Waals surface area contributed by atoms with Crippen LogP contribution in [-0.4, -0.2) is 0 Å². The van der Waals surface area contributed by atoms with Gasteiger partial charge in [-0.2, -0.15) is 0 Å². The van der Waals surface area contributed by atoms with Crippen molar-refractivity contribution in [2.75, 3.05) is 0 Å². The Morgan fingerprint density at radius 1 is 0.264 bits per heavy atom. The normalized spacial score (nSPS) is 11.8. The van der Waals surface area contributed by atoms with Crippen molar-refractivity contribution in [1.82, 2.24) is 0 Å². The molecule has 246 valence electrons. The van der Waals surface area contributed by atoms with Crippen molar-refractivity contribution in [2.24, 2.45) is 0 Å². The molecule has 0 N–H and O–H groups in total. The van der Waals surface area contributed by atoms with Crippen LogP contribution in [0.3, 0.4) is 0 Å². The van der Waals surface area contributed by atoms with E-state index in [2.05, 4.69) is 194 Å². The van der Waals surface area contributed by atoms with Gasteiger partial charge in [-0.05, 0) is 106 Å². The number of rotatable bonds is 4. The third-order valence-electron chi connectivity index (χ3n) is 11.1. The molecular formula is C52H32O. The number of furan rings is 1. The van der Waals surface area contributed by atoms with E-state index in [0.717, 1.165) is 21.9 Å². The second kappa shape index (κ2) is 11.8. The number of hydrogen-bond acceptors (Lipinski definition) is 1. The van der Waals surface area contributed by atoms with Gasteiger partial charge in [0.1, 0.15) is 11.2 Å². The lowest BCUT2D eigenvalue weighted by Crippen LogP contribution is -1.93. The van der Waals surface area contributed by atoms with Crippen LogP contribution in [-0.2, 0) is 0 Å². The van der Waals surface area contributed by atoms with Crippen LogP contribution in [0, 0.1) is 0 Å². The lowest BCUT2D eigenvalue weighted by molar-refractivity contribution is 0.669. The van der Waals surface area contributed by atoms with Crippen LogP contribution in [0.25, 0.3) is 110 Å². The van der Waals surface area contributed by atoms with Crippen LogP contribution < -0.4 is 0 Å². The number of hydrogen-bond donors (Lipinski definition) is 0. The van der Waals surface area contributed by atoms with E-state index in [-0.39, 0.29) is 0 Å². The Bertz CT molecular complexity index is 3150. The maximum atomic E-state index is 6.55. The van der Waals surface area contributed by atoms with E-state index < -0.39 is 0 Å². The summed E-state index contributed by atoms with van der Waals surface area (Å²) in [4.78, 5) is 0. The fraction of sp³-hybridized carbons (Fsp3) is 0. The lowest BCUT2D eigenvalue weighted by atomic mass is 9.82. The molecule has 0 radical (unpaired) electrons. The predicted octanol–water partition coefficient (Wildman–Crippen LogP) is 14.9. The fourth-order valence-electron chi connectivity index (χ4n) is 8.76. The minimum Gasteiger partial charge on any atom is -0.456 e. The van der Waals surface area contributed by atoms with E-state index in [9.17, 15) is 0 Å². The van der Waals surface area contributed by atoms with Crippen LogP contribution in [0.5, 0.6) is 0 Å². The summed E-state index contributed by atoms with van der Waals surface area (Å²) in [5.74, 6) is 0. The smallest absolute Gasteiger partial charge is 0.136 e. The highest BCUT2D eigenvalue weighted by molar-refractivity contribution is 6.28. The molecule has 10 aromatic carbocycles. The van der Waals surface area contributed by atoms with Gasteiger partial charge >= 0.3 is 0 Å². The van der Waals surface area contributed by atoms with Gasteiger partial charge < -0.3 is 4.42 Å². The van der Waals surface area contributed by atoms with Crippen molar-refractivity contribution in [2.45, 2.75) is 0 Å². The minimum absolute atomic E-state index is 0.898. The van der Waals surface area contributed by atoms with Gasteiger partial charge in [-0.15, -0.1) is 0 Å². The first-order chi connectivity index (χ1) is 26.3. The largest absolute Gasteiger partial charge is 0.456 e. The summed E-state index contributed by atoms with van der Waals surface area (Å²) in [6.45, 7) is 0. The number of fused-ring (bicyclic) bond motifs is 8. The summed E-state index contributed by atoms with van der Waals surface area (Å²) < 4.78 is 6.55. The number of benzene rings is 10. The second-order valence-corrected chi connectivity index (χ2v) is 13.9. The Kier molecular flexibility index (Phi) is 6.62. The summed E-state index contributed by atoms with van der Waals surface area (Å²) in [6.07, 6.45) is 0. The van der Waals surface area contributed by atoms with Crippen molar-refractivity contribution < 1.29 is 4.42 Å². The van der Waals surface area contributed by atoms with Crippen molar-refractivity contribution in [1.29, 1.82) is 0 Å². The molecule has 1 nitrogen and oxygen atoms in total. The van der Waals surface area contributed by atoms with Crippen LogP contribution >= 0.6 is 0 Å². The highest BCUT2D eigenvalue weighted by Crippen LogP contribution is 2.49. The second-order valence-electron chi connectivity index (χ2n) is 13.9. The molecule has 0 aliphatic rings. The molecule has 0 bridgehead atoms. The summed E-state index contributed by atoms with van der Waals surface area (Å²) >= 11 is 0. The van der Waals surface area contributed by atoms with Crippen molar-refractivity contribution in [3.8, 4) is 44.5 Å². The van der Waals surface area contributed by atoms with Crippen LogP contribution in [0.15, 0.2) is 199 Å². The summed E-state index contributed by atoms with van der Waals surface area (Å²) in [7, 11) is 0. The fourth-order valence-corrected chi connectivity index (χ4v) is 8.76. The molecule has 0 unspecified atom stereocenters. The molecule has 0 saturated heterocycles. The first kappa shape index (κ1) is 29.7. The molecule has 1 aromatic heterocycles. The van der Waals surface area contributed by atoms with Gasteiger partial charge in [-0.25, -0.2) is 0 Å². The van der Waals surface area contributed by atoms with Crippen LogP contribution in [0.2, 0.25) is 0 Å². The third-order valence-corrected chi connectivity index (χ3v) is 11.1. The summed E-state index contributed by atoms with van der Waals surface area (Å²) in [5, 5.41) is 12.2. The molecule has 1 heterocycles. The zero-order chi connectivity index (χ0) is 34.9. The average molecular weight is 673 g/mol. The van der Waals surface area contributed by atoms with E-state index in [1.807, 2.05) is 0 Å². The van der Waals surface area contributed by atoms with Gasteiger partial charge in [0.2, 0.25) is 0 Å². The predicted molar refractivity (Wildman–Crippen MR) is 225 cm³/mol. The Morgan fingerprint density at radius 2 is 0.849 bits per heavy atom. The molecule has 0 spiro atoms. The third kappa shape index (κ3) is 4.58. The molecule has 1 heteroatoms. The van der Waals surface area contributed by atoms with Gasteiger partial charge in [-0.3, -0.25) is 0 Å². The van der Waals surface area contributed by atoms with E-state index in [4.69, 9.17) is 4.42 Å². The minimum atomic E-state index is 0.898. The lowest BCUT2D eigenvalue weighted by Gasteiger charge is -2.20. The summed E-state index contributed by atoms with van der Waals surface area (Å²) in [6, 6.07) is 70.5. The van der Waals surface area contributed by atoms with E-state index in [0.29, 0.717) is 0 Å². The van der Waals surface area contributed by atoms with Gasteiger partial charge in [0, 0.05) is 10.8 Å². The zero-order valence-electron chi connectivity index (χ0n) is 28.9. The molecule has 11 rings (SSSR count). The Hall–Kier alpha value is -6.96. The topological polar surface area (TPSA) is 13.1 Å². The maximum Gasteiger partial charge on any atom is 0.136 e. The SMILES string of the molecule is c1ccc(-c2ccc3oc4cccc(-c5c6ccccc6c(-c6ccc(-c7ccccc7)c7c6ccc6ccccc67)c6ccccc56)c4c3c2)cc1. The van der Waals surface area contributed by atoms with Gasteiger partial charge in [0.05, 0.1) is 0 Å². The molecule has 0 amide bonds. The Morgan fingerprint density at radius 3 is 1.55 bits per heavy atom. The van der Waals surface area contributed by atoms with E-state index in [1.54, 1.807) is 0 Å². The molecular weight excluding hydrogens is 641 g/mol. The molecule has 0 atom stereocenters. The molecule has 11 aromatic rings. The van der Waals surface area contributed by atoms with Crippen molar-refractivity contribution in [3.63, 3.8) is 0 Å². The average Bonchev–Trinajstić information content (AvgIpc) is 3.61. The van der Waals surface area contributed by atoms with E-state index >= 15 is 0 Å². The highest BCUT2D eigenvalue weighted by Gasteiger charge is 2.22. The van der Waals surface area contributed by atoms with Crippen molar-refractivity contribution >= 4 is 65.0 Å². The molecule has 0 aliphatic carbocycles. The van der Waals surface area contributed by atoms with Crippen LogP contribution in [0.4, 0.5) is 0 Å². The van der Waals surface area contributed by atoms with Gasteiger partial charge in [0.25, 0.3) is 0 Å². The van der Waals surface area contributed by atoms with Crippen molar-refractivity contribution in [3.05, 3.63) is 194 Å². The Labute approximate surface area is 307 Å². The Balaban J connectivity index is 1.25. The standard InChI is InChI=1S/C52H32O/c1-3-14-33(15-4-1)36-27-31-47-46(32-36)52-45(24-13-25-48(52)53-47)51-41-22-11-9-20-39(41)50(40-21-10-12-23-42(40)51)44-30-29-38(34-16-5-2-6-17-34)49-37-19-8-7-18-35(37)26-28-43(44)49/h1-32H. The van der Waals surface area contributed by atoms with E-state index in [1.165, 1.54) is 87.6 Å². The quantitative estimate of drug-likeness (QED) is 0.134. The zero-order valence-corrected chi connectivity index (χ0v) is 28.9. The molecule has 0 aliphatic heterocycles. The first-order valence-electron chi connectivity index (χ1n) is 18.3. The molecule has 0 saturated carbocycles. The summed E-state index contributed by atoms with van der Waals surface area (Å²) in [5.41, 5.74) is 11.6. The maximum absolute atomic E-state index is 6.55.